The molecule has 0 aliphatic carbocycles. The highest BCUT2D eigenvalue weighted by atomic mass is 19.1. The quantitative estimate of drug-likeness (QED) is 0.809. The normalized spacial score (nSPS) is 10.3. The van der Waals surface area contributed by atoms with Gasteiger partial charge >= 0.3 is 5.97 Å². The first-order valence-electron chi connectivity index (χ1n) is 6.67. The van der Waals surface area contributed by atoms with E-state index in [2.05, 4.69) is 15.5 Å². The van der Waals surface area contributed by atoms with Crippen LogP contribution in [-0.2, 0) is 27.3 Å². The molecule has 0 bridgehead atoms. The van der Waals surface area contributed by atoms with Crippen molar-refractivity contribution in [1.29, 1.82) is 0 Å². The molecular weight excluding hydrogens is 291 g/mol. The molecule has 7 nitrogen and oxygen atoms in total. The number of aromatic nitrogens is 3. The number of hydrogen-bond donors (Lipinski definition) is 1. The lowest BCUT2D eigenvalue weighted by atomic mass is 10.1. The van der Waals surface area contributed by atoms with Crippen molar-refractivity contribution in [1.82, 2.24) is 15.0 Å². The van der Waals surface area contributed by atoms with E-state index in [0.717, 1.165) is 4.80 Å². The summed E-state index contributed by atoms with van der Waals surface area (Å²) >= 11 is 0. The van der Waals surface area contributed by atoms with Gasteiger partial charge in [-0.1, -0.05) is 12.1 Å². The third kappa shape index (κ3) is 4.65. The average Bonchev–Trinajstić information content (AvgIpc) is 2.88. The first kappa shape index (κ1) is 15.6. The van der Waals surface area contributed by atoms with E-state index in [1.54, 1.807) is 6.92 Å². The van der Waals surface area contributed by atoms with E-state index in [0.29, 0.717) is 5.56 Å². The van der Waals surface area contributed by atoms with Crippen LogP contribution < -0.4 is 5.32 Å². The zero-order valence-electron chi connectivity index (χ0n) is 12.0. The third-order valence-corrected chi connectivity index (χ3v) is 2.66. The summed E-state index contributed by atoms with van der Waals surface area (Å²) in [6.07, 6.45) is 1.42. The van der Waals surface area contributed by atoms with Crippen LogP contribution in [0, 0.1) is 5.82 Å². The van der Waals surface area contributed by atoms with Gasteiger partial charge in [0, 0.05) is 0 Å². The lowest BCUT2D eigenvalue weighted by Gasteiger charge is -2.02. The van der Waals surface area contributed by atoms with Gasteiger partial charge in [-0.25, -0.2) is 9.18 Å². The molecule has 1 amide bonds. The number of nitrogens with zero attached hydrogens (tertiary/aromatic N) is 3. The number of rotatable bonds is 6. The highest BCUT2D eigenvalue weighted by Crippen LogP contribution is 2.06. The Kier molecular flexibility index (Phi) is 5.18. The molecule has 1 N–H and O–H groups in total. The van der Waals surface area contributed by atoms with E-state index in [4.69, 9.17) is 4.74 Å². The molecule has 0 atom stereocenters. The molecule has 8 heteroatoms. The van der Waals surface area contributed by atoms with Crippen LogP contribution in [0.2, 0.25) is 0 Å². The van der Waals surface area contributed by atoms with Gasteiger partial charge in [-0.15, -0.1) is 5.10 Å². The van der Waals surface area contributed by atoms with Gasteiger partial charge in [0.15, 0.2) is 12.4 Å². The smallest absolute Gasteiger partial charge is 0.329 e. The summed E-state index contributed by atoms with van der Waals surface area (Å²) in [5.74, 6) is -0.889. The van der Waals surface area contributed by atoms with Gasteiger partial charge in [0.2, 0.25) is 5.91 Å². The standard InChI is InChI=1S/C14H15FN4O3/c1-2-22-14(21)9-19-16-8-12(18-19)17-13(20)7-10-3-5-11(15)6-4-10/h3-6,8H,2,7,9H2,1H3,(H,17,18,20). The van der Waals surface area contributed by atoms with E-state index >= 15 is 0 Å². The van der Waals surface area contributed by atoms with Crippen molar-refractivity contribution in [3.63, 3.8) is 0 Å². The number of carbonyl (C=O) groups is 2. The zero-order chi connectivity index (χ0) is 15.9. The predicted octanol–water partition coefficient (Wildman–Crippen LogP) is 1.16. The van der Waals surface area contributed by atoms with Crippen molar-refractivity contribution in [3.8, 4) is 0 Å². The molecule has 0 saturated carbocycles. The van der Waals surface area contributed by atoms with Gasteiger partial charge in [0.05, 0.1) is 19.2 Å². The van der Waals surface area contributed by atoms with Crippen molar-refractivity contribution >= 4 is 17.7 Å². The summed E-state index contributed by atoms with van der Waals surface area (Å²) in [6, 6.07) is 5.65. The highest BCUT2D eigenvalue weighted by Gasteiger charge is 2.09. The van der Waals surface area contributed by atoms with Crippen molar-refractivity contribution < 1.29 is 18.7 Å². The van der Waals surface area contributed by atoms with Gasteiger partial charge in [-0.3, -0.25) is 4.79 Å². The Bertz CT molecular complexity index is 654. The first-order chi connectivity index (χ1) is 10.6. The predicted molar refractivity (Wildman–Crippen MR) is 75.4 cm³/mol. The van der Waals surface area contributed by atoms with Crippen molar-refractivity contribution in [2.24, 2.45) is 0 Å². The van der Waals surface area contributed by atoms with Gasteiger partial charge in [0.25, 0.3) is 0 Å². The molecule has 1 aromatic heterocycles. The second-order valence-electron chi connectivity index (χ2n) is 4.42. The van der Waals surface area contributed by atoms with Gasteiger partial charge < -0.3 is 10.1 Å². The number of halogens is 1. The molecule has 0 unspecified atom stereocenters. The van der Waals surface area contributed by atoms with E-state index in [1.165, 1.54) is 30.5 Å². The second-order valence-corrected chi connectivity index (χ2v) is 4.42. The van der Waals surface area contributed by atoms with E-state index in [9.17, 15) is 14.0 Å². The van der Waals surface area contributed by atoms with E-state index < -0.39 is 5.97 Å². The van der Waals surface area contributed by atoms with Crippen LogP contribution in [0.1, 0.15) is 12.5 Å². The molecular formula is C14H15FN4O3. The number of amides is 1. The maximum absolute atomic E-state index is 12.8. The number of benzene rings is 1. The fourth-order valence-corrected chi connectivity index (χ4v) is 1.73. The van der Waals surface area contributed by atoms with Crippen LogP contribution in [0.3, 0.4) is 0 Å². The second kappa shape index (κ2) is 7.30. The number of esters is 1. The number of ether oxygens (including phenoxy) is 1. The van der Waals surface area contributed by atoms with Crippen LogP contribution in [0.25, 0.3) is 0 Å². The summed E-state index contributed by atoms with van der Waals surface area (Å²) in [5.41, 5.74) is 0.679. The maximum atomic E-state index is 12.8. The topological polar surface area (TPSA) is 86.1 Å². The molecule has 2 aromatic rings. The molecule has 0 saturated heterocycles. The summed E-state index contributed by atoms with van der Waals surface area (Å²) in [7, 11) is 0. The van der Waals surface area contributed by atoms with E-state index in [1.807, 2.05) is 0 Å². The van der Waals surface area contributed by atoms with Crippen LogP contribution in [-0.4, -0.2) is 33.5 Å². The zero-order valence-corrected chi connectivity index (χ0v) is 12.0. The number of carbonyl (C=O) groups excluding carboxylic acids is 2. The van der Waals surface area contributed by atoms with Crippen LogP contribution in [0.5, 0.6) is 0 Å². The molecule has 0 fully saturated rings. The SMILES string of the molecule is CCOC(=O)Cn1ncc(NC(=O)Cc2ccc(F)cc2)n1. The van der Waals surface area contributed by atoms with Gasteiger partial charge in [0.1, 0.15) is 5.82 Å². The minimum Gasteiger partial charge on any atom is -0.465 e. The lowest BCUT2D eigenvalue weighted by Crippen LogP contribution is -2.17. The molecule has 116 valence electrons. The summed E-state index contributed by atoms with van der Waals surface area (Å²) in [4.78, 5) is 24.2. The molecule has 0 aliphatic rings. The maximum Gasteiger partial charge on any atom is 0.329 e. The van der Waals surface area contributed by atoms with Crippen LogP contribution in [0.4, 0.5) is 10.2 Å². The molecule has 0 spiro atoms. The number of anilines is 1. The first-order valence-corrected chi connectivity index (χ1v) is 6.67. The molecule has 1 aromatic carbocycles. The minimum absolute atomic E-state index is 0.0883. The van der Waals surface area contributed by atoms with Crippen LogP contribution >= 0.6 is 0 Å². The van der Waals surface area contributed by atoms with Gasteiger partial charge in [-0.05, 0) is 24.6 Å². The Labute approximate surface area is 126 Å². The van der Waals surface area contributed by atoms with Gasteiger partial charge in [-0.2, -0.15) is 9.90 Å². The lowest BCUT2D eigenvalue weighted by molar-refractivity contribution is -0.144. The minimum atomic E-state index is -0.456. The van der Waals surface area contributed by atoms with Crippen molar-refractivity contribution in [3.05, 3.63) is 41.8 Å². The fraction of sp³-hybridized carbons (Fsp3) is 0.286. The summed E-state index contributed by atoms with van der Waals surface area (Å²) in [6.45, 7) is 1.86. The number of hydrogen-bond acceptors (Lipinski definition) is 5. The van der Waals surface area contributed by atoms with Crippen molar-refractivity contribution in [2.45, 2.75) is 19.9 Å². The molecule has 1 heterocycles. The van der Waals surface area contributed by atoms with Crippen molar-refractivity contribution in [2.75, 3.05) is 11.9 Å². The monoisotopic (exact) mass is 306 g/mol. The Hall–Kier alpha value is -2.77. The molecule has 2 rings (SSSR count). The largest absolute Gasteiger partial charge is 0.465 e. The summed E-state index contributed by atoms with van der Waals surface area (Å²) < 4.78 is 17.5. The Morgan fingerprint density at radius 1 is 1.32 bits per heavy atom. The molecule has 0 radical (unpaired) electrons. The highest BCUT2D eigenvalue weighted by molar-refractivity contribution is 5.91. The average molecular weight is 306 g/mol. The van der Waals surface area contributed by atoms with Crippen LogP contribution in [0.15, 0.2) is 30.5 Å². The number of nitrogens with one attached hydrogen (secondary N) is 1. The third-order valence-electron chi connectivity index (χ3n) is 2.66. The Balaban J connectivity index is 1.88. The molecule has 22 heavy (non-hydrogen) atoms. The molecule has 0 aliphatic heterocycles. The Morgan fingerprint density at radius 2 is 2.05 bits per heavy atom. The summed E-state index contributed by atoms with van der Waals surface area (Å²) in [5, 5.41) is 10.3. The van der Waals surface area contributed by atoms with E-state index in [-0.39, 0.29) is 37.1 Å². The fourth-order valence-electron chi connectivity index (χ4n) is 1.73. The Morgan fingerprint density at radius 3 is 2.73 bits per heavy atom.